The van der Waals surface area contributed by atoms with Gasteiger partial charge in [-0.15, -0.1) is 11.8 Å². The topological polar surface area (TPSA) is 3.24 Å². The Morgan fingerprint density at radius 2 is 2.00 bits per heavy atom. The van der Waals surface area contributed by atoms with Crippen molar-refractivity contribution in [1.82, 2.24) is 4.90 Å². The lowest BCUT2D eigenvalue weighted by molar-refractivity contribution is 0.188. The van der Waals surface area contributed by atoms with Gasteiger partial charge in [0.1, 0.15) is 0 Å². The lowest BCUT2D eigenvalue weighted by atomic mass is 9.92. The molecule has 0 bridgehead atoms. The molecule has 1 aliphatic rings. The second-order valence-electron chi connectivity index (χ2n) is 3.84. The highest BCUT2D eigenvalue weighted by molar-refractivity contribution is 4.95. The quantitative estimate of drug-likeness (QED) is 0.602. The molecule has 0 aromatic heterocycles. The standard InChI is InChI=1S/C12H21N/c1-3-5-6-7-12-8-10-13(4-2)11-9-12/h12H,4,6-11H2,1-2H3. The first-order chi connectivity index (χ1) is 6.36. The lowest BCUT2D eigenvalue weighted by Gasteiger charge is -2.30. The fraction of sp³-hybridized carbons (Fsp3) is 0.833. The van der Waals surface area contributed by atoms with Crippen LogP contribution in [0.3, 0.4) is 0 Å². The number of hydrogen-bond acceptors (Lipinski definition) is 1. The first-order valence-electron chi connectivity index (χ1n) is 5.48. The van der Waals surface area contributed by atoms with Crippen molar-refractivity contribution >= 4 is 0 Å². The van der Waals surface area contributed by atoms with Crippen LogP contribution in [0.25, 0.3) is 0 Å². The molecule has 1 nitrogen and oxygen atoms in total. The molecule has 1 heterocycles. The van der Waals surface area contributed by atoms with Crippen molar-refractivity contribution in [1.29, 1.82) is 0 Å². The molecular weight excluding hydrogens is 158 g/mol. The molecule has 13 heavy (non-hydrogen) atoms. The van der Waals surface area contributed by atoms with Crippen molar-refractivity contribution in [2.75, 3.05) is 19.6 Å². The summed E-state index contributed by atoms with van der Waals surface area (Å²) in [6.07, 6.45) is 5.20. The highest BCUT2D eigenvalue weighted by Gasteiger charge is 2.16. The summed E-state index contributed by atoms with van der Waals surface area (Å²) >= 11 is 0. The third-order valence-corrected chi connectivity index (χ3v) is 3.01. The van der Waals surface area contributed by atoms with Gasteiger partial charge in [0.15, 0.2) is 0 Å². The Kier molecular flexibility index (Phi) is 4.93. The van der Waals surface area contributed by atoms with Gasteiger partial charge in [-0.25, -0.2) is 0 Å². The average Bonchev–Trinajstić information content (AvgIpc) is 2.19. The Morgan fingerprint density at radius 1 is 1.31 bits per heavy atom. The van der Waals surface area contributed by atoms with Gasteiger partial charge in [0.25, 0.3) is 0 Å². The Morgan fingerprint density at radius 3 is 2.54 bits per heavy atom. The zero-order chi connectivity index (χ0) is 9.52. The minimum absolute atomic E-state index is 0.948. The number of piperidine rings is 1. The SMILES string of the molecule is CC#CCCC1CCN(CC)CC1. The van der Waals surface area contributed by atoms with Crippen LogP contribution >= 0.6 is 0 Å². The van der Waals surface area contributed by atoms with E-state index in [1.807, 2.05) is 6.92 Å². The van der Waals surface area contributed by atoms with Crippen LogP contribution in [0, 0.1) is 17.8 Å². The van der Waals surface area contributed by atoms with Crippen molar-refractivity contribution in [3.05, 3.63) is 0 Å². The Balaban J connectivity index is 2.12. The van der Waals surface area contributed by atoms with E-state index in [1.54, 1.807) is 0 Å². The molecule has 0 aromatic carbocycles. The molecule has 0 aliphatic carbocycles. The molecule has 0 N–H and O–H groups in total. The summed E-state index contributed by atoms with van der Waals surface area (Å²) in [5.74, 6) is 7.07. The zero-order valence-electron chi connectivity index (χ0n) is 8.97. The molecule has 1 saturated heterocycles. The summed E-state index contributed by atoms with van der Waals surface area (Å²) in [5, 5.41) is 0. The Hall–Kier alpha value is -0.480. The van der Waals surface area contributed by atoms with Crippen LogP contribution in [0.2, 0.25) is 0 Å². The van der Waals surface area contributed by atoms with Gasteiger partial charge in [-0.05, 0) is 51.7 Å². The fourth-order valence-corrected chi connectivity index (χ4v) is 1.99. The largest absolute Gasteiger partial charge is 0.304 e. The molecule has 1 rings (SSSR count). The Labute approximate surface area is 82.5 Å². The van der Waals surface area contributed by atoms with E-state index in [4.69, 9.17) is 0 Å². The third kappa shape index (κ3) is 3.83. The minimum Gasteiger partial charge on any atom is -0.304 e. The monoisotopic (exact) mass is 179 g/mol. The van der Waals surface area contributed by atoms with E-state index in [0.29, 0.717) is 0 Å². The number of nitrogens with zero attached hydrogens (tertiary/aromatic N) is 1. The molecule has 74 valence electrons. The zero-order valence-corrected chi connectivity index (χ0v) is 8.97. The van der Waals surface area contributed by atoms with Gasteiger partial charge in [-0.2, -0.15) is 0 Å². The van der Waals surface area contributed by atoms with Crippen molar-refractivity contribution in [3.8, 4) is 11.8 Å². The summed E-state index contributed by atoms with van der Waals surface area (Å²) in [4.78, 5) is 2.54. The summed E-state index contributed by atoms with van der Waals surface area (Å²) in [7, 11) is 0. The molecule has 0 saturated carbocycles. The predicted octanol–water partition coefficient (Wildman–Crippen LogP) is 2.52. The first kappa shape index (κ1) is 10.6. The van der Waals surface area contributed by atoms with Gasteiger partial charge in [0, 0.05) is 6.42 Å². The van der Waals surface area contributed by atoms with Crippen LogP contribution in [-0.4, -0.2) is 24.5 Å². The number of hydrogen-bond donors (Lipinski definition) is 0. The molecule has 0 unspecified atom stereocenters. The summed E-state index contributed by atoms with van der Waals surface area (Å²) in [6, 6.07) is 0. The lowest BCUT2D eigenvalue weighted by Crippen LogP contribution is -2.33. The van der Waals surface area contributed by atoms with Gasteiger partial charge < -0.3 is 4.90 Å². The van der Waals surface area contributed by atoms with E-state index < -0.39 is 0 Å². The van der Waals surface area contributed by atoms with Crippen molar-refractivity contribution in [2.45, 2.75) is 39.5 Å². The van der Waals surface area contributed by atoms with Gasteiger partial charge in [-0.1, -0.05) is 6.92 Å². The molecule has 1 aliphatic heterocycles. The van der Waals surface area contributed by atoms with Crippen molar-refractivity contribution in [2.24, 2.45) is 5.92 Å². The van der Waals surface area contributed by atoms with Gasteiger partial charge in [0.05, 0.1) is 0 Å². The van der Waals surface area contributed by atoms with Crippen LogP contribution in [0.1, 0.15) is 39.5 Å². The molecular formula is C12H21N. The van der Waals surface area contributed by atoms with Gasteiger partial charge >= 0.3 is 0 Å². The molecule has 0 amide bonds. The van der Waals surface area contributed by atoms with Crippen LogP contribution < -0.4 is 0 Å². The fourth-order valence-electron chi connectivity index (χ4n) is 1.99. The van der Waals surface area contributed by atoms with E-state index >= 15 is 0 Å². The molecule has 0 atom stereocenters. The summed E-state index contributed by atoms with van der Waals surface area (Å²) < 4.78 is 0. The van der Waals surface area contributed by atoms with E-state index in [1.165, 1.54) is 38.9 Å². The van der Waals surface area contributed by atoms with Gasteiger partial charge in [0.2, 0.25) is 0 Å². The molecule has 0 radical (unpaired) electrons. The van der Waals surface area contributed by atoms with Gasteiger partial charge in [-0.3, -0.25) is 0 Å². The average molecular weight is 179 g/mol. The maximum atomic E-state index is 3.16. The van der Waals surface area contributed by atoms with Crippen LogP contribution in [0.15, 0.2) is 0 Å². The normalized spacial score (nSPS) is 19.5. The smallest absolute Gasteiger partial charge is 0.00912 e. The van der Waals surface area contributed by atoms with E-state index in [0.717, 1.165) is 12.3 Å². The molecule has 1 fully saturated rings. The van der Waals surface area contributed by atoms with Crippen LogP contribution in [-0.2, 0) is 0 Å². The predicted molar refractivity (Wildman–Crippen MR) is 57.5 cm³/mol. The summed E-state index contributed by atoms with van der Waals surface area (Å²) in [5.41, 5.74) is 0. The highest BCUT2D eigenvalue weighted by atomic mass is 15.1. The highest BCUT2D eigenvalue weighted by Crippen LogP contribution is 2.21. The second kappa shape index (κ2) is 6.05. The van der Waals surface area contributed by atoms with E-state index in [9.17, 15) is 0 Å². The first-order valence-corrected chi connectivity index (χ1v) is 5.48. The maximum Gasteiger partial charge on any atom is 0.00912 e. The third-order valence-electron chi connectivity index (χ3n) is 3.01. The van der Waals surface area contributed by atoms with E-state index in [2.05, 4.69) is 23.7 Å². The van der Waals surface area contributed by atoms with Crippen molar-refractivity contribution < 1.29 is 0 Å². The van der Waals surface area contributed by atoms with E-state index in [-0.39, 0.29) is 0 Å². The minimum atomic E-state index is 0.948. The van der Waals surface area contributed by atoms with Crippen LogP contribution in [0.5, 0.6) is 0 Å². The summed E-state index contributed by atoms with van der Waals surface area (Å²) in [6.45, 7) is 8.02. The number of likely N-dealkylation sites (tertiary alicyclic amines) is 1. The maximum absolute atomic E-state index is 3.16. The second-order valence-corrected chi connectivity index (χ2v) is 3.84. The van der Waals surface area contributed by atoms with Crippen LogP contribution in [0.4, 0.5) is 0 Å². The van der Waals surface area contributed by atoms with Crippen molar-refractivity contribution in [3.63, 3.8) is 0 Å². The molecule has 0 aromatic rings. The molecule has 0 spiro atoms. The number of rotatable bonds is 3. The molecule has 1 heteroatoms. The Bertz CT molecular complexity index is 179.